The van der Waals surface area contributed by atoms with Gasteiger partial charge < -0.3 is 20.5 Å². The van der Waals surface area contributed by atoms with Crippen molar-refractivity contribution >= 4 is 34.9 Å². The second-order valence-electron chi connectivity index (χ2n) is 6.81. The van der Waals surface area contributed by atoms with Crippen LogP contribution in [0.2, 0.25) is 10.0 Å². The van der Waals surface area contributed by atoms with Crippen molar-refractivity contribution in [2.45, 2.75) is 13.0 Å². The molecule has 7 nitrogen and oxygen atoms in total. The normalized spacial score (nSPS) is 14.8. The predicted octanol–water partition coefficient (Wildman–Crippen LogP) is 2.69. The molecule has 2 aromatic rings. The van der Waals surface area contributed by atoms with Crippen molar-refractivity contribution in [3.8, 4) is 5.75 Å². The van der Waals surface area contributed by atoms with Crippen LogP contribution in [0.25, 0.3) is 0 Å². The van der Waals surface area contributed by atoms with Crippen LogP contribution in [-0.4, -0.2) is 65.1 Å². The number of pyridine rings is 1. The number of nitrogen functional groups attached to an aromatic ring is 1. The van der Waals surface area contributed by atoms with E-state index >= 15 is 0 Å². The molecule has 0 saturated carbocycles. The van der Waals surface area contributed by atoms with Gasteiger partial charge in [0.05, 0.1) is 5.56 Å². The molecule has 1 aromatic carbocycles. The van der Waals surface area contributed by atoms with E-state index in [0.717, 1.165) is 26.1 Å². The van der Waals surface area contributed by atoms with Crippen LogP contribution in [0.4, 0.5) is 5.82 Å². The van der Waals surface area contributed by atoms with Crippen molar-refractivity contribution in [2.24, 2.45) is 0 Å². The summed E-state index contributed by atoms with van der Waals surface area (Å²) in [7, 11) is 0. The first-order valence-electron chi connectivity index (χ1n) is 9.43. The Labute approximate surface area is 180 Å². The van der Waals surface area contributed by atoms with Crippen molar-refractivity contribution in [1.29, 1.82) is 0 Å². The van der Waals surface area contributed by atoms with Crippen LogP contribution in [0.1, 0.15) is 22.3 Å². The number of hydrogen-bond donors (Lipinski definition) is 2. The van der Waals surface area contributed by atoms with Crippen LogP contribution in [0.5, 0.6) is 5.75 Å². The lowest BCUT2D eigenvalue weighted by molar-refractivity contribution is 0.0628. The molecule has 1 saturated heterocycles. The number of aliphatic hydroxyl groups excluding tert-OH is 1. The highest BCUT2D eigenvalue weighted by Crippen LogP contribution is 2.28. The highest BCUT2D eigenvalue weighted by Gasteiger charge is 2.23. The fourth-order valence-corrected chi connectivity index (χ4v) is 3.67. The van der Waals surface area contributed by atoms with Gasteiger partial charge in [0.15, 0.2) is 11.6 Å². The van der Waals surface area contributed by atoms with Crippen molar-refractivity contribution in [2.75, 3.05) is 45.1 Å². The number of anilines is 1. The van der Waals surface area contributed by atoms with Crippen LogP contribution in [0, 0.1) is 0 Å². The molecule has 0 bridgehead atoms. The average Bonchev–Trinajstić information content (AvgIpc) is 2.73. The van der Waals surface area contributed by atoms with E-state index in [1.807, 2.05) is 0 Å². The van der Waals surface area contributed by atoms with Gasteiger partial charge in [-0.1, -0.05) is 29.3 Å². The van der Waals surface area contributed by atoms with Gasteiger partial charge in [-0.15, -0.1) is 0 Å². The molecular weight excluding hydrogens is 415 g/mol. The number of benzene rings is 1. The fourth-order valence-electron chi connectivity index (χ4n) is 3.16. The summed E-state index contributed by atoms with van der Waals surface area (Å²) in [5.74, 6) is 0.395. The van der Waals surface area contributed by atoms with Gasteiger partial charge in [0.1, 0.15) is 6.61 Å². The summed E-state index contributed by atoms with van der Waals surface area (Å²) in [5, 5.41) is 9.94. The van der Waals surface area contributed by atoms with Crippen LogP contribution < -0.4 is 10.5 Å². The first-order valence-corrected chi connectivity index (χ1v) is 10.2. The molecule has 2 heterocycles. The van der Waals surface area contributed by atoms with Crippen LogP contribution in [0.15, 0.2) is 30.5 Å². The molecule has 1 aromatic heterocycles. The molecule has 0 radical (unpaired) electrons. The zero-order chi connectivity index (χ0) is 20.8. The van der Waals surface area contributed by atoms with Gasteiger partial charge in [-0.3, -0.25) is 9.69 Å². The first-order chi connectivity index (χ1) is 14.0. The topological polar surface area (TPSA) is 91.9 Å². The molecule has 0 atom stereocenters. The second-order valence-corrected chi connectivity index (χ2v) is 7.62. The van der Waals surface area contributed by atoms with Crippen molar-refractivity contribution in [3.05, 3.63) is 51.6 Å². The summed E-state index contributed by atoms with van der Waals surface area (Å²) in [4.78, 5) is 21.0. The first kappa shape index (κ1) is 21.6. The maximum absolute atomic E-state index is 12.9. The van der Waals surface area contributed by atoms with E-state index in [4.69, 9.17) is 38.8 Å². The molecule has 0 aliphatic carbocycles. The van der Waals surface area contributed by atoms with Crippen LogP contribution >= 0.6 is 23.2 Å². The zero-order valence-electron chi connectivity index (χ0n) is 16.0. The summed E-state index contributed by atoms with van der Waals surface area (Å²) in [6, 6.07) is 6.82. The highest BCUT2D eigenvalue weighted by atomic mass is 35.5. The summed E-state index contributed by atoms with van der Waals surface area (Å²) in [6.07, 6.45) is 2.21. The SMILES string of the molecule is Nc1ncc(C(=O)N2CCN(CCCO)CC2)cc1OCc1c(Cl)cccc1Cl. The smallest absolute Gasteiger partial charge is 0.255 e. The maximum atomic E-state index is 12.9. The third-order valence-corrected chi connectivity index (χ3v) is 5.56. The minimum atomic E-state index is -0.111. The number of aliphatic hydroxyl groups is 1. The number of carbonyl (C=O) groups is 1. The van der Waals surface area contributed by atoms with Crippen molar-refractivity contribution in [3.63, 3.8) is 0 Å². The number of amides is 1. The summed E-state index contributed by atoms with van der Waals surface area (Å²) in [6.45, 7) is 3.94. The number of rotatable bonds is 7. The third-order valence-electron chi connectivity index (χ3n) is 4.85. The van der Waals surface area contributed by atoms with Crippen LogP contribution in [0.3, 0.4) is 0 Å². The lowest BCUT2D eigenvalue weighted by Crippen LogP contribution is -2.48. The van der Waals surface area contributed by atoms with E-state index in [2.05, 4.69) is 9.88 Å². The molecule has 156 valence electrons. The van der Waals surface area contributed by atoms with Gasteiger partial charge in [0.25, 0.3) is 5.91 Å². The van der Waals surface area contributed by atoms with Gasteiger partial charge in [0.2, 0.25) is 0 Å². The second kappa shape index (κ2) is 10.1. The molecule has 29 heavy (non-hydrogen) atoms. The number of carbonyl (C=O) groups excluding carboxylic acids is 1. The highest BCUT2D eigenvalue weighted by molar-refractivity contribution is 6.35. The molecular formula is C20H24Cl2N4O3. The summed E-state index contributed by atoms with van der Waals surface area (Å²) < 4.78 is 5.76. The number of hydrogen-bond acceptors (Lipinski definition) is 6. The molecule has 1 aliphatic heterocycles. The number of nitrogens with two attached hydrogens (primary N) is 1. The standard InChI is InChI=1S/C20H24Cl2N4O3/c21-16-3-1-4-17(22)15(16)13-29-18-11-14(12-24-19(18)23)20(28)26-8-6-25(7-9-26)5-2-10-27/h1,3-4,11-12,27H,2,5-10,13H2,(H2,23,24). The Balaban J connectivity index is 1.65. The molecule has 3 N–H and O–H groups in total. The van der Waals surface area contributed by atoms with Gasteiger partial charge in [0, 0.05) is 61.1 Å². The largest absolute Gasteiger partial charge is 0.485 e. The van der Waals surface area contributed by atoms with E-state index in [-0.39, 0.29) is 24.9 Å². The quantitative estimate of drug-likeness (QED) is 0.690. The van der Waals surface area contributed by atoms with E-state index in [0.29, 0.717) is 40.0 Å². The molecule has 9 heteroatoms. The molecule has 1 aliphatic rings. The van der Waals surface area contributed by atoms with Crippen molar-refractivity contribution in [1.82, 2.24) is 14.8 Å². The molecule has 0 unspecified atom stereocenters. The Bertz CT molecular complexity index is 837. The van der Waals surface area contributed by atoms with E-state index < -0.39 is 0 Å². The lowest BCUT2D eigenvalue weighted by Gasteiger charge is -2.34. The van der Waals surface area contributed by atoms with Crippen molar-refractivity contribution < 1.29 is 14.6 Å². The molecule has 0 spiro atoms. The fraction of sp³-hybridized carbons (Fsp3) is 0.400. The van der Waals surface area contributed by atoms with Gasteiger partial charge in [-0.25, -0.2) is 4.98 Å². The maximum Gasteiger partial charge on any atom is 0.255 e. The van der Waals surface area contributed by atoms with Gasteiger partial charge >= 0.3 is 0 Å². The van der Waals surface area contributed by atoms with Gasteiger partial charge in [-0.05, 0) is 24.6 Å². The Kier molecular flexibility index (Phi) is 7.55. The Morgan fingerprint density at radius 1 is 1.21 bits per heavy atom. The Morgan fingerprint density at radius 3 is 2.55 bits per heavy atom. The van der Waals surface area contributed by atoms with Crippen LogP contribution in [-0.2, 0) is 6.61 Å². The lowest BCUT2D eigenvalue weighted by atomic mass is 10.2. The zero-order valence-corrected chi connectivity index (χ0v) is 17.5. The minimum Gasteiger partial charge on any atom is -0.485 e. The average molecular weight is 439 g/mol. The monoisotopic (exact) mass is 438 g/mol. The van der Waals surface area contributed by atoms with E-state index in [9.17, 15) is 4.79 Å². The number of nitrogens with zero attached hydrogens (tertiary/aromatic N) is 3. The van der Waals surface area contributed by atoms with E-state index in [1.165, 1.54) is 6.20 Å². The molecule has 1 amide bonds. The van der Waals surface area contributed by atoms with E-state index in [1.54, 1.807) is 29.2 Å². The summed E-state index contributed by atoms with van der Waals surface area (Å²) >= 11 is 12.3. The Morgan fingerprint density at radius 2 is 1.90 bits per heavy atom. The minimum absolute atomic E-state index is 0.111. The molecule has 3 rings (SSSR count). The molecule has 1 fully saturated rings. The number of aromatic nitrogens is 1. The predicted molar refractivity (Wildman–Crippen MR) is 113 cm³/mol. The number of halogens is 2. The number of ether oxygens (including phenoxy) is 1. The third kappa shape index (κ3) is 5.51. The number of piperazine rings is 1. The summed E-state index contributed by atoms with van der Waals surface area (Å²) in [5.41, 5.74) is 6.98. The Hall–Kier alpha value is -2.06. The van der Waals surface area contributed by atoms with Gasteiger partial charge in [-0.2, -0.15) is 0 Å².